The molecule has 0 aliphatic rings. The number of halogens is 1. The van der Waals surface area contributed by atoms with Crippen LogP contribution in [0.3, 0.4) is 0 Å². The summed E-state index contributed by atoms with van der Waals surface area (Å²) in [6.07, 6.45) is 1.36. The molecule has 0 saturated heterocycles. The van der Waals surface area contributed by atoms with Crippen molar-refractivity contribution in [1.29, 1.82) is 5.26 Å². The Morgan fingerprint density at radius 1 is 1.12 bits per heavy atom. The van der Waals surface area contributed by atoms with Crippen LogP contribution in [-0.2, 0) is 11.4 Å². The average molecular weight is 432 g/mol. The number of benzene rings is 3. The summed E-state index contributed by atoms with van der Waals surface area (Å²) in [5.41, 5.74) is 2.55. The molecule has 4 aromatic rings. The van der Waals surface area contributed by atoms with E-state index in [4.69, 9.17) is 18.6 Å². The zero-order valence-electron chi connectivity index (χ0n) is 17.2. The lowest BCUT2D eigenvalue weighted by Crippen LogP contribution is -2.03. The van der Waals surface area contributed by atoms with Crippen LogP contribution >= 0.6 is 0 Å². The van der Waals surface area contributed by atoms with Gasteiger partial charge in [0.1, 0.15) is 46.8 Å². The Labute approximate surface area is 182 Å². The second kappa shape index (κ2) is 8.78. The summed E-state index contributed by atoms with van der Waals surface area (Å²) < 4.78 is 36.4. The minimum atomic E-state index is -0.765. The highest BCUT2D eigenvalue weighted by atomic mass is 19.1. The van der Waals surface area contributed by atoms with E-state index in [-0.39, 0.29) is 23.7 Å². The van der Waals surface area contributed by atoms with Crippen LogP contribution in [0.15, 0.2) is 59.3 Å². The van der Waals surface area contributed by atoms with Crippen molar-refractivity contribution in [2.24, 2.45) is 0 Å². The molecule has 4 rings (SSSR count). The molecule has 0 amide bonds. The SMILES string of the molecule is CC(=O)Oc1ccc(Oc2cc(OCc3ccc4ncoc4c3)cc(F)c2C#N)cc1C. The normalized spacial score (nSPS) is 10.6. The first kappa shape index (κ1) is 20.9. The number of hydrogen-bond donors (Lipinski definition) is 0. The van der Waals surface area contributed by atoms with Gasteiger partial charge in [0.2, 0.25) is 0 Å². The Kier molecular flexibility index (Phi) is 5.73. The summed E-state index contributed by atoms with van der Waals surface area (Å²) in [4.78, 5) is 15.2. The van der Waals surface area contributed by atoms with Gasteiger partial charge in [-0.15, -0.1) is 0 Å². The molecule has 0 aliphatic heterocycles. The van der Waals surface area contributed by atoms with E-state index < -0.39 is 11.8 Å². The zero-order valence-corrected chi connectivity index (χ0v) is 17.2. The number of oxazole rings is 1. The maximum absolute atomic E-state index is 14.5. The number of nitriles is 1. The topological polar surface area (TPSA) is 94.6 Å². The first-order valence-corrected chi connectivity index (χ1v) is 9.58. The largest absolute Gasteiger partial charge is 0.489 e. The lowest BCUT2D eigenvalue weighted by molar-refractivity contribution is -0.131. The number of aromatic nitrogens is 1. The van der Waals surface area contributed by atoms with Crippen molar-refractivity contribution in [3.63, 3.8) is 0 Å². The van der Waals surface area contributed by atoms with Crippen LogP contribution in [0, 0.1) is 24.1 Å². The number of carbonyl (C=O) groups is 1. The molecule has 0 aliphatic carbocycles. The Hall–Kier alpha value is -4.38. The second-order valence-corrected chi connectivity index (χ2v) is 6.96. The fourth-order valence-corrected chi connectivity index (χ4v) is 3.07. The standard InChI is InChI=1S/C24H17FN2O5/c1-14-7-17(4-6-22(14)31-15(2)28)32-23-10-18(9-20(25)19(23)11-26)29-12-16-3-5-21-24(8-16)30-13-27-21/h3-10,13H,12H2,1-2H3. The predicted molar refractivity (Wildman–Crippen MR) is 112 cm³/mol. The lowest BCUT2D eigenvalue weighted by atomic mass is 10.1. The van der Waals surface area contributed by atoms with E-state index in [2.05, 4.69) is 4.98 Å². The molecule has 0 saturated carbocycles. The van der Waals surface area contributed by atoms with Crippen LogP contribution in [0.4, 0.5) is 4.39 Å². The van der Waals surface area contributed by atoms with Crippen LogP contribution in [0.1, 0.15) is 23.6 Å². The van der Waals surface area contributed by atoms with Gasteiger partial charge in [0.05, 0.1) is 0 Å². The van der Waals surface area contributed by atoms with E-state index in [1.54, 1.807) is 37.3 Å². The van der Waals surface area contributed by atoms with Crippen LogP contribution in [0.2, 0.25) is 0 Å². The Bertz CT molecular complexity index is 1360. The highest BCUT2D eigenvalue weighted by Crippen LogP contribution is 2.33. The maximum atomic E-state index is 14.5. The van der Waals surface area contributed by atoms with E-state index in [9.17, 15) is 14.4 Å². The smallest absolute Gasteiger partial charge is 0.308 e. The van der Waals surface area contributed by atoms with Gasteiger partial charge in [0, 0.05) is 19.1 Å². The van der Waals surface area contributed by atoms with E-state index in [1.807, 2.05) is 12.1 Å². The lowest BCUT2D eigenvalue weighted by Gasteiger charge is -2.13. The van der Waals surface area contributed by atoms with Crippen molar-refractivity contribution in [3.8, 4) is 29.1 Å². The van der Waals surface area contributed by atoms with Gasteiger partial charge in [-0.3, -0.25) is 4.79 Å². The summed E-state index contributed by atoms with van der Waals surface area (Å²) in [6.45, 7) is 3.19. The third-order valence-corrected chi connectivity index (χ3v) is 4.57. The van der Waals surface area contributed by atoms with Crippen LogP contribution in [0.25, 0.3) is 11.1 Å². The molecule has 0 unspecified atom stereocenters. The van der Waals surface area contributed by atoms with E-state index in [0.717, 1.165) is 17.1 Å². The third-order valence-electron chi connectivity index (χ3n) is 4.57. The second-order valence-electron chi connectivity index (χ2n) is 6.96. The average Bonchev–Trinajstić information content (AvgIpc) is 3.22. The van der Waals surface area contributed by atoms with Crippen molar-refractivity contribution >= 4 is 17.1 Å². The van der Waals surface area contributed by atoms with Crippen LogP contribution < -0.4 is 14.2 Å². The van der Waals surface area contributed by atoms with Crippen molar-refractivity contribution < 1.29 is 27.8 Å². The minimum absolute atomic E-state index is 0.00724. The van der Waals surface area contributed by atoms with Gasteiger partial charge in [-0.1, -0.05) is 6.07 Å². The molecule has 7 nitrogen and oxygen atoms in total. The summed E-state index contributed by atoms with van der Waals surface area (Å²) >= 11 is 0. The maximum Gasteiger partial charge on any atom is 0.308 e. The molecule has 32 heavy (non-hydrogen) atoms. The van der Waals surface area contributed by atoms with Gasteiger partial charge in [-0.2, -0.15) is 5.26 Å². The highest BCUT2D eigenvalue weighted by molar-refractivity contribution is 5.72. The van der Waals surface area contributed by atoms with Gasteiger partial charge < -0.3 is 18.6 Å². The molecule has 0 bridgehead atoms. The number of ether oxygens (including phenoxy) is 3. The fourth-order valence-electron chi connectivity index (χ4n) is 3.07. The molecule has 3 aromatic carbocycles. The van der Waals surface area contributed by atoms with Crippen molar-refractivity contribution in [3.05, 3.63) is 77.4 Å². The number of rotatable bonds is 6. The van der Waals surface area contributed by atoms with Gasteiger partial charge in [-0.25, -0.2) is 9.37 Å². The van der Waals surface area contributed by atoms with Gasteiger partial charge in [0.25, 0.3) is 0 Å². The van der Waals surface area contributed by atoms with Crippen molar-refractivity contribution in [2.45, 2.75) is 20.5 Å². The molecule has 0 spiro atoms. The number of hydrogen-bond acceptors (Lipinski definition) is 7. The van der Waals surface area contributed by atoms with E-state index in [1.165, 1.54) is 19.4 Å². The van der Waals surface area contributed by atoms with Crippen molar-refractivity contribution in [1.82, 2.24) is 4.98 Å². The summed E-state index contributed by atoms with van der Waals surface area (Å²) in [5, 5.41) is 9.37. The Morgan fingerprint density at radius 3 is 2.72 bits per heavy atom. The van der Waals surface area contributed by atoms with E-state index in [0.29, 0.717) is 22.6 Å². The molecule has 0 radical (unpaired) electrons. The molecule has 8 heteroatoms. The van der Waals surface area contributed by atoms with Gasteiger partial charge in [-0.05, 0) is 48.4 Å². The Balaban J connectivity index is 1.56. The van der Waals surface area contributed by atoms with Gasteiger partial charge in [0.15, 0.2) is 17.7 Å². The monoisotopic (exact) mass is 432 g/mol. The molecule has 0 fully saturated rings. The van der Waals surface area contributed by atoms with Crippen LogP contribution in [-0.4, -0.2) is 11.0 Å². The first-order valence-electron chi connectivity index (χ1n) is 9.58. The van der Waals surface area contributed by atoms with Crippen molar-refractivity contribution in [2.75, 3.05) is 0 Å². The zero-order chi connectivity index (χ0) is 22.7. The first-order chi connectivity index (χ1) is 15.4. The molecule has 160 valence electrons. The predicted octanol–water partition coefficient (Wildman–Crippen LogP) is 5.44. The summed E-state index contributed by atoms with van der Waals surface area (Å²) in [5.74, 6) is -0.267. The third kappa shape index (κ3) is 4.52. The molecule has 0 atom stereocenters. The molecular formula is C24H17FN2O5. The summed E-state index contributed by atoms with van der Waals surface area (Å²) in [7, 11) is 0. The summed E-state index contributed by atoms with van der Waals surface area (Å²) in [6, 6.07) is 14.6. The molecular weight excluding hydrogens is 415 g/mol. The van der Waals surface area contributed by atoms with E-state index >= 15 is 0 Å². The van der Waals surface area contributed by atoms with Gasteiger partial charge >= 0.3 is 5.97 Å². The quantitative estimate of drug-likeness (QED) is 0.296. The number of aryl methyl sites for hydroxylation is 1. The number of nitrogens with zero attached hydrogens (tertiary/aromatic N) is 2. The highest BCUT2D eigenvalue weighted by Gasteiger charge is 2.15. The number of fused-ring (bicyclic) bond motifs is 1. The molecule has 1 aromatic heterocycles. The number of carbonyl (C=O) groups excluding carboxylic acids is 1. The number of esters is 1. The Morgan fingerprint density at radius 2 is 1.97 bits per heavy atom. The molecule has 0 N–H and O–H groups in total. The fraction of sp³-hybridized carbons (Fsp3) is 0.125. The molecule has 1 heterocycles. The van der Waals surface area contributed by atoms with Crippen LogP contribution in [0.5, 0.6) is 23.0 Å². The minimum Gasteiger partial charge on any atom is -0.489 e.